The lowest BCUT2D eigenvalue weighted by Gasteiger charge is -2.11. The van der Waals surface area contributed by atoms with E-state index in [1.165, 1.54) is 5.56 Å². The third-order valence-corrected chi connectivity index (χ3v) is 2.72. The minimum atomic E-state index is 0.717. The molecule has 2 rings (SSSR count). The van der Waals surface area contributed by atoms with Gasteiger partial charge in [-0.3, -0.25) is 0 Å². The van der Waals surface area contributed by atoms with Gasteiger partial charge in [0.1, 0.15) is 0 Å². The highest BCUT2D eigenvalue weighted by molar-refractivity contribution is 5.63. The number of aryl methyl sites for hydroxylation is 1. The summed E-state index contributed by atoms with van der Waals surface area (Å²) in [5, 5.41) is 3.32. The normalized spacial score (nSPS) is 9.94. The second-order valence-corrected chi connectivity index (χ2v) is 4.06. The van der Waals surface area contributed by atoms with Crippen LogP contribution < -0.4 is 14.8 Å². The first-order valence-corrected chi connectivity index (χ1v) is 5.78. The van der Waals surface area contributed by atoms with Crippen LogP contribution in [0.15, 0.2) is 42.5 Å². The largest absolute Gasteiger partial charge is 0.493 e. The van der Waals surface area contributed by atoms with Crippen LogP contribution in [0.3, 0.4) is 0 Å². The number of hydrogen-bond acceptors (Lipinski definition) is 3. The summed E-state index contributed by atoms with van der Waals surface area (Å²) in [7, 11) is 3.26. The summed E-state index contributed by atoms with van der Waals surface area (Å²) in [4.78, 5) is 0. The fourth-order valence-electron chi connectivity index (χ4n) is 1.72. The van der Waals surface area contributed by atoms with Gasteiger partial charge in [-0.05, 0) is 31.2 Å². The maximum absolute atomic E-state index is 5.27. The van der Waals surface area contributed by atoms with Gasteiger partial charge in [-0.2, -0.15) is 0 Å². The van der Waals surface area contributed by atoms with Gasteiger partial charge in [-0.15, -0.1) is 0 Å². The second-order valence-electron chi connectivity index (χ2n) is 4.06. The van der Waals surface area contributed by atoms with E-state index in [0.717, 1.165) is 22.9 Å². The second kappa shape index (κ2) is 5.45. The van der Waals surface area contributed by atoms with Crippen molar-refractivity contribution in [1.29, 1.82) is 0 Å². The molecule has 0 heterocycles. The van der Waals surface area contributed by atoms with E-state index in [0.29, 0.717) is 0 Å². The Balaban J connectivity index is 2.21. The lowest BCUT2D eigenvalue weighted by Crippen LogP contribution is -1.94. The summed E-state index contributed by atoms with van der Waals surface area (Å²) in [6.07, 6.45) is 0. The third-order valence-electron chi connectivity index (χ3n) is 2.72. The van der Waals surface area contributed by atoms with Crippen molar-refractivity contribution in [2.75, 3.05) is 19.5 Å². The minimum Gasteiger partial charge on any atom is -0.493 e. The van der Waals surface area contributed by atoms with Gasteiger partial charge in [0, 0.05) is 17.4 Å². The molecule has 2 aromatic carbocycles. The SMILES string of the molecule is COc1ccc(Nc2ccc(C)cc2)cc1OC. The van der Waals surface area contributed by atoms with Crippen molar-refractivity contribution in [3.05, 3.63) is 48.0 Å². The van der Waals surface area contributed by atoms with Crippen LogP contribution in [0.25, 0.3) is 0 Å². The fourth-order valence-corrected chi connectivity index (χ4v) is 1.72. The average molecular weight is 243 g/mol. The van der Waals surface area contributed by atoms with Crippen LogP contribution in [-0.4, -0.2) is 14.2 Å². The van der Waals surface area contributed by atoms with E-state index in [1.54, 1.807) is 14.2 Å². The molecule has 0 radical (unpaired) electrons. The van der Waals surface area contributed by atoms with Crippen molar-refractivity contribution in [1.82, 2.24) is 0 Å². The fraction of sp³-hybridized carbons (Fsp3) is 0.200. The molecule has 0 fully saturated rings. The van der Waals surface area contributed by atoms with Crippen molar-refractivity contribution in [3.63, 3.8) is 0 Å². The van der Waals surface area contributed by atoms with Crippen LogP contribution in [0.4, 0.5) is 11.4 Å². The summed E-state index contributed by atoms with van der Waals surface area (Å²) in [6, 6.07) is 14.0. The van der Waals surface area contributed by atoms with E-state index in [1.807, 2.05) is 30.3 Å². The van der Waals surface area contributed by atoms with Crippen LogP contribution in [0.5, 0.6) is 11.5 Å². The van der Waals surface area contributed by atoms with Gasteiger partial charge in [0.05, 0.1) is 14.2 Å². The highest BCUT2D eigenvalue weighted by atomic mass is 16.5. The Hall–Kier alpha value is -2.16. The van der Waals surface area contributed by atoms with Crippen molar-refractivity contribution in [2.24, 2.45) is 0 Å². The first kappa shape index (κ1) is 12.3. The smallest absolute Gasteiger partial charge is 0.162 e. The number of methoxy groups -OCH3 is 2. The Morgan fingerprint density at radius 1 is 0.778 bits per heavy atom. The highest BCUT2D eigenvalue weighted by Crippen LogP contribution is 2.31. The Labute approximate surface area is 107 Å². The van der Waals surface area contributed by atoms with Gasteiger partial charge in [0.2, 0.25) is 0 Å². The summed E-state index contributed by atoms with van der Waals surface area (Å²) in [5.74, 6) is 1.45. The van der Waals surface area contributed by atoms with Gasteiger partial charge in [0.25, 0.3) is 0 Å². The van der Waals surface area contributed by atoms with E-state index in [2.05, 4.69) is 24.4 Å². The zero-order valence-electron chi connectivity index (χ0n) is 10.9. The summed E-state index contributed by atoms with van der Waals surface area (Å²) >= 11 is 0. The first-order chi connectivity index (χ1) is 8.72. The molecule has 0 saturated carbocycles. The van der Waals surface area contributed by atoms with Crippen LogP contribution in [0.1, 0.15) is 5.56 Å². The van der Waals surface area contributed by atoms with Crippen LogP contribution in [0.2, 0.25) is 0 Å². The lowest BCUT2D eigenvalue weighted by atomic mass is 10.2. The van der Waals surface area contributed by atoms with E-state index in [-0.39, 0.29) is 0 Å². The number of benzene rings is 2. The summed E-state index contributed by atoms with van der Waals surface area (Å²) < 4.78 is 10.5. The van der Waals surface area contributed by atoms with Crippen molar-refractivity contribution in [3.8, 4) is 11.5 Å². The topological polar surface area (TPSA) is 30.5 Å². The molecule has 0 aliphatic heterocycles. The van der Waals surface area contributed by atoms with Gasteiger partial charge in [-0.1, -0.05) is 17.7 Å². The van der Waals surface area contributed by atoms with Crippen molar-refractivity contribution < 1.29 is 9.47 Å². The van der Waals surface area contributed by atoms with Gasteiger partial charge in [0.15, 0.2) is 11.5 Å². The van der Waals surface area contributed by atoms with Crippen LogP contribution >= 0.6 is 0 Å². The minimum absolute atomic E-state index is 0.717. The average Bonchev–Trinajstić information content (AvgIpc) is 2.41. The van der Waals surface area contributed by atoms with E-state index >= 15 is 0 Å². The zero-order chi connectivity index (χ0) is 13.0. The molecule has 0 bridgehead atoms. The number of anilines is 2. The number of rotatable bonds is 4. The van der Waals surface area contributed by atoms with Crippen molar-refractivity contribution in [2.45, 2.75) is 6.92 Å². The van der Waals surface area contributed by atoms with E-state index in [4.69, 9.17) is 9.47 Å². The standard InChI is InChI=1S/C15H17NO2/c1-11-4-6-12(7-5-11)16-13-8-9-14(17-2)15(10-13)18-3/h4-10,16H,1-3H3. The molecule has 0 atom stereocenters. The van der Waals surface area contributed by atoms with Crippen molar-refractivity contribution >= 4 is 11.4 Å². The monoisotopic (exact) mass is 243 g/mol. The van der Waals surface area contributed by atoms with Gasteiger partial charge in [-0.25, -0.2) is 0 Å². The molecule has 1 N–H and O–H groups in total. The highest BCUT2D eigenvalue weighted by Gasteiger charge is 2.04. The molecule has 0 aromatic heterocycles. The number of ether oxygens (including phenoxy) is 2. The maximum Gasteiger partial charge on any atom is 0.162 e. The predicted octanol–water partition coefficient (Wildman–Crippen LogP) is 3.76. The molecule has 0 amide bonds. The van der Waals surface area contributed by atoms with E-state index in [9.17, 15) is 0 Å². The number of hydrogen-bond donors (Lipinski definition) is 1. The Bertz CT molecular complexity index is 521. The van der Waals surface area contributed by atoms with Crippen LogP contribution in [0, 0.1) is 6.92 Å². The van der Waals surface area contributed by atoms with Crippen LogP contribution in [-0.2, 0) is 0 Å². The zero-order valence-corrected chi connectivity index (χ0v) is 10.9. The van der Waals surface area contributed by atoms with Gasteiger partial charge < -0.3 is 14.8 Å². The molecule has 0 aliphatic carbocycles. The number of nitrogens with one attached hydrogen (secondary N) is 1. The molecule has 94 valence electrons. The summed E-state index contributed by atoms with van der Waals surface area (Å²) in [5.41, 5.74) is 3.26. The Morgan fingerprint density at radius 3 is 2.00 bits per heavy atom. The maximum atomic E-state index is 5.27. The predicted molar refractivity (Wildman–Crippen MR) is 74.0 cm³/mol. The molecule has 3 nitrogen and oxygen atoms in total. The van der Waals surface area contributed by atoms with E-state index < -0.39 is 0 Å². The Morgan fingerprint density at radius 2 is 1.39 bits per heavy atom. The molecular weight excluding hydrogens is 226 g/mol. The molecular formula is C15H17NO2. The lowest BCUT2D eigenvalue weighted by molar-refractivity contribution is 0.355. The van der Waals surface area contributed by atoms with Gasteiger partial charge >= 0.3 is 0 Å². The quantitative estimate of drug-likeness (QED) is 0.887. The molecule has 0 saturated heterocycles. The molecule has 3 heteroatoms. The molecule has 0 unspecified atom stereocenters. The summed E-state index contributed by atoms with van der Waals surface area (Å²) in [6.45, 7) is 2.07. The Kier molecular flexibility index (Phi) is 3.72. The molecule has 0 spiro atoms. The molecule has 2 aromatic rings. The molecule has 18 heavy (non-hydrogen) atoms. The molecule has 0 aliphatic rings. The third kappa shape index (κ3) is 2.74. The first-order valence-electron chi connectivity index (χ1n) is 5.78.